The lowest BCUT2D eigenvalue weighted by Gasteiger charge is -2.14. The SMILES string of the molecule is Cc1ccc(NC(=O)CSC2CC(=O)N(c3ccc(F)cc3)C2=O)cc1Cl. The van der Waals surface area contributed by atoms with Crippen molar-refractivity contribution < 1.29 is 18.8 Å². The van der Waals surface area contributed by atoms with Crippen LogP contribution in [0.5, 0.6) is 0 Å². The van der Waals surface area contributed by atoms with Crippen molar-refractivity contribution in [2.45, 2.75) is 18.6 Å². The predicted molar refractivity (Wildman–Crippen MR) is 105 cm³/mol. The first-order valence-electron chi connectivity index (χ1n) is 8.15. The maximum absolute atomic E-state index is 13.0. The number of carbonyl (C=O) groups is 3. The van der Waals surface area contributed by atoms with E-state index in [-0.39, 0.29) is 24.0 Å². The van der Waals surface area contributed by atoms with Gasteiger partial charge in [0.15, 0.2) is 0 Å². The van der Waals surface area contributed by atoms with Gasteiger partial charge in [-0.25, -0.2) is 9.29 Å². The van der Waals surface area contributed by atoms with Crippen molar-refractivity contribution in [3.05, 3.63) is 58.9 Å². The van der Waals surface area contributed by atoms with Crippen LogP contribution in [-0.4, -0.2) is 28.7 Å². The van der Waals surface area contributed by atoms with Crippen molar-refractivity contribution in [2.24, 2.45) is 0 Å². The Morgan fingerprint density at radius 3 is 2.63 bits per heavy atom. The fourth-order valence-corrected chi connectivity index (χ4v) is 3.75. The number of amides is 3. The molecule has 0 bridgehead atoms. The molecular weight excluding hydrogens is 391 g/mol. The first-order chi connectivity index (χ1) is 12.8. The summed E-state index contributed by atoms with van der Waals surface area (Å²) in [5.74, 6) is -1.48. The van der Waals surface area contributed by atoms with E-state index in [0.29, 0.717) is 16.4 Å². The van der Waals surface area contributed by atoms with Crippen LogP contribution in [0.15, 0.2) is 42.5 Å². The summed E-state index contributed by atoms with van der Waals surface area (Å²) in [6, 6.07) is 10.3. The topological polar surface area (TPSA) is 66.5 Å². The smallest absolute Gasteiger partial charge is 0.247 e. The number of carbonyl (C=O) groups excluding carboxylic acids is 3. The van der Waals surface area contributed by atoms with Crippen molar-refractivity contribution in [1.82, 2.24) is 0 Å². The number of halogens is 2. The molecular formula is C19H16ClFN2O3S. The van der Waals surface area contributed by atoms with Gasteiger partial charge in [-0.15, -0.1) is 11.8 Å². The molecule has 140 valence electrons. The summed E-state index contributed by atoms with van der Waals surface area (Å²) in [5.41, 5.74) is 1.80. The fourth-order valence-electron chi connectivity index (χ4n) is 2.64. The molecule has 0 spiro atoms. The highest BCUT2D eigenvalue weighted by atomic mass is 35.5. The second-order valence-corrected chi connectivity index (χ2v) is 7.66. The first-order valence-corrected chi connectivity index (χ1v) is 9.58. The van der Waals surface area contributed by atoms with Crippen LogP contribution < -0.4 is 10.2 Å². The zero-order chi connectivity index (χ0) is 19.6. The lowest BCUT2D eigenvalue weighted by Crippen LogP contribution is -2.31. The van der Waals surface area contributed by atoms with Crippen molar-refractivity contribution in [3.63, 3.8) is 0 Å². The Morgan fingerprint density at radius 1 is 1.26 bits per heavy atom. The summed E-state index contributed by atoms with van der Waals surface area (Å²) >= 11 is 7.13. The normalized spacial score (nSPS) is 16.7. The summed E-state index contributed by atoms with van der Waals surface area (Å²) in [6.45, 7) is 1.86. The number of benzene rings is 2. The monoisotopic (exact) mass is 406 g/mol. The van der Waals surface area contributed by atoms with Gasteiger partial charge < -0.3 is 5.32 Å². The maximum atomic E-state index is 13.0. The number of thioether (sulfide) groups is 1. The third-order valence-electron chi connectivity index (χ3n) is 4.06. The Kier molecular flexibility index (Phi) is 5.82. The largest absolute Gasteiger partial charge is 0.325 e. The summed E-state index contributed by atoms with van der Waals surface area (Å²) in [4.78, 5) is 37.8. The number of hydrogen-bond acceptors (Lipinski definition) is 4. The molecule has 8 heteroatoms. The molecule has 1 saturated heterocycles. The third kappa shape index (κ3) is 4.48. The molecule has 3 amide bonds. The Balaban J connectivity index is 1.58. The van der Waals surface area contributed by atoms with E-state index in [4.69, 9.17) is 11.6 Å². The molecule has 2 aromatic rings. The molecule has 27 heavy (non-hydrogen) atoms. The van der Waals surface area contributed by atoms with Gasteiger partial charge in [0.2, 0.25) is 17.7 Å². The second-order valence-electron chi connectivity index (χ2n) is 6.06. The van der Waals surface area contributed by atoms with Crippen LogP contribution in [0.2, 0.25) is 5.02 Å². The van der Waals surface area contributed by atoms with Crippen molar-refractivity contribution in [2.75, 3.05) is 16.0 Å². The van der Waals surface area contributed by atoms with Gasteiger partial charge in [0.05, 0.1) is 16.7 Å². The van der Waals surface area contributed by atoms with Gasteiger partial charge in [-0.3, -0.25) is 14.4 Å². The van der Waals surface area contributed by atoms with Crippen LogP contribution >= 0.6 is 23.4 Å². The molecule has 0 radical (unpaired) electrons. The van der Waals surface area contributed by atoms with E-state index in [1.165, 1.54) is 24.3 Å². The summed E-state index contributed by atoms with van der Waals surface area (Å²) < 4.78 is 13.0. The number of nitrogens with zero attached hydrogens (tertiary/aromatic N) is 1. The van der Waals surface area contributed by atoms with Gasteiger partial charge in [0.1, 0.15) is 5.82 Å². The van der Waals surface area contributed by atoms with Gasteiger partial charge in [0, 0.05) is 17.1 Å². The standard InChI is InChI=1S/C19H16ClFN2O3S/c1-11-2-5-13(8-15(11)20)22-17(24)10-27-16-9-18(25)23(19(16)26)14-6-3-12(21)4-7-14/h2-8,16H,9-10H2,1H3,(H,22,24). The number of hydrogen-bond donors (Lipinski definition) is 1. The lowest BCUT2D eigenvalue weighted by molar-refractivity contribution is -0.121. The molecule has 5 nitrogen and oxygen atoms in total. The zero-order valence-corrected chi connectivity index (χ0v) is 15.9. The van der Waals surface area contributed by atoms with Crippen LogP contribution in [0.25, 0.3) is 0 Å². The van der Waals surface area contributed by atoms with Gasteiger partial charge >= 0.3 is 0 Å². The van der Waals surface area contributed by atoms with Crippen LogP contribution in [0.1, 0.15) is 12.0 Å². The molecule has 1 fully saturated rings. The molecule has 0 aliphatic carbocycles. The van der Waals surface area contributed by atoms with E-state index in [1.807, 2.05) is 6.92 Å². The number of rotatable bonds is 5. The highest BCUT2D eigenvalue weighted by molar-refractivity contribution is 8.01. The van der Waals surface area contributed by atoms with Gasteiger partial charge in [-0.05, 0) is 48.9 Å². The second kappa shape index (κ2) is 8.10. The molecule has 1 unspecified atom stereocenters. The molecule has 3 rings (SSSR count). The van der Waals surface area contributed by atoms with Gasteiger partial charge in [-0.2, -0.15) is 0 Å². The molecule has 1 atom stereocenters. The average Bonchev–Trinajstić information content (AvgIpc) is 2.91. The molecule has 0 aromatic heterocycles. The van der Waals surface area contributed by atoms with Gasteiger partial charge in [-0.1, -0.05) is 17.7 Å². The lowest BCUT2D eigenvalue weighted by atomic mass is 10.2. The van der Waals surface area contributed by atoms with E-state index in [9.17, 15) is 18.8 Å². The minimum absolute atomic E-state index is 0.00448. The summed E-state index contributed by atoms with van der Waals surface area (Å²) in [5, 5.41) is 2.62. The maximum Gasteiger partial charge on any atom is 0.247 e. The number of nitrogens with one attached hydrogen (secondary N) is 1. The van der Waals surface area contributed by atoms with E-state index >= 15 is 0 Å². The Morgan fingerprint density at radius 2 is 1.96 bits per heavy atom. The van der Waals surface area contributed by atoms with Crippen LogP contribution in [0, 0.1) is 12.7 Å². The van der Waals surface area contributed by atoms with Crippen molar-refractivity contribution in [1.29, 1.82) is 0 Å². The third-order valence-corrected chi connectivity index (χ3v) is 5.67. The van der Waals surface area contributed by atoms with E-state index in [1.54, 1.807) is 18.2 Å². The summed E-state index contributed by atoms with van der Waals surface area (Å²) in [6.07, 6.45) is 0.00448. The molecule has 1 heterocycles. The first kappa shape index (κ1) is 19.4. The summed E-state index contributed by atoms with van der Waals surface area (Å²) in [7, 11) is 0. The van der Waals surface area contributed by atoms with Crippen molar-refractivity contribution in [3.8, 4) is 0 Å². The Bertz CT molecular complexity index is 904. The van der Waals surface area contributed by atoms with Crippen LogP contribution in [0.3, 0.4) is 0 Å². The Labute approximate surface area is 164 Å². The van der Waals surface area contributed by atoms with E-state index in [2.05, 4.69) is 5.32 Å². The number of aryl methyl sites for hydroxylation is 1. The molecule has 1 aliphatic heterocycles. The quantitative estimate of drug-likeness (QED) is 0.767. The molecule has 0 saturated carbocycles. The van der Waals surface area contributed by atoms with E-state index < -0.39 is 17.0 Å². The van der Waals surface area contributed by atoms with Crippen LogP contribution in [0.4, 0.5) is 15.8 Å². The van der Waals surface area contributed by atoms with E-state index in [0.717, 1.165) is 22.2 Å². The van der Waals surface area contributed by atoms with Gasteiger partial charge in [0.25, 0.3) is 0 Å². The fraction of sp³-hybridized carbons (Fsp3) is 0.211. The average molecular weight is 407 g/mol. The molecule has 1 N–H and O–H groups in total. The number of imide groups is 1. The number of anilines is 2. The molecule has 2 aromatic carbocycles. The van der Waals surface area contributed by atoms with Crippen molar-refractivity contribution >= 4 is 52.5 Å². The minimum Gasteiger partial charge on any atom is -0.325 e. The minimum atomic E-state index is -0.644. The molecule has 1 aliphatic rings. The highest BCUT2D eigenvalue weighted by Gasteiger charge is 2.40. The predicted octanol–water partition coefficient (Wildman–Crippen LogP) is 3.79. The van der Waals surface area contributed by atoms with Crippen LogP contribution in [-0.2, 0) is 14.4 Å². The highest BCUT2D eigenvalue weighted by Crippen LogP contribution is 2.30. The zero-order valence-electron chi connectivity index (χ0n) is 14.4. The Hall–Kier alpha value is -2.38.